The highest BCUT2D eigenvalue weighted by atomic mass is 127. The normalized spacial score (nSPS) is 11.2. The molecule has 1 aromatic rings. The lowest BCUT2D eigenvalue weighted by Crippen LogP contribution is -2.38. The fraction of sp³-hybridized carbons (Fsp3) is 0.632. The number of aliphatic imine (C=N–C) groups is 1. The van der Waals surface area contributed by atoms with E-state index in [0.29, 0.717) is 0 Å². The molecule has 0 radical (unpaired) electrons. The Kier molecular flexibility index (Phi) is 14.6. The number of methoxy groups -OCH3 is 1. The van der Waals surface area contributed by atoms with Crippen LogP contribution in [0.2, 0.25) is 0 Å². The Bertz CT molecular complexity index is 461. The first-order valence-corrected chi connectivity index (χ1v) is 9.03. The van der Waals surface area contributed by atoms with Crippen LogP contribution >= 0.6 is 24.0 Å². The molecule has 0 aromatic heterocycles. The minimum Gasteiger partial charge on any atom is -0.497 e. The summed E-state index contributed by atoms with van der Waals surface area (Å²) in [4.78, 5) is 6.74. The van der Waals surface area contributed by atoms with Gasteiger partial charge in [-0.2, -0.15) is 0 Å². The van der Waals surface area contributed by atoms with Gasteiger partial charge in [0.15, 0.2) is 5.96 Å². The van der Waals surface area contributed by atoms with E-state index < -0.39 is 0 Å². The van der Waals surface area contributed by atoms with Crippen molar-refractivity contribution in [2.24, 2.45) is 4.99 Å². The van der Waals surface area contributed by atoms with E-state index in [9.17, 15) is 0 Å². The zero-order valence-corrected chi connectivity index (χ0v) is 18.5. The number of ether oxygens (including phenoxy) is 1. The summed E-state index contributed by atoms with van der Waals surface area (Å²) in [5, 5.41) is 6.75. The van der Waals surface area contributed by atoms with Gasteiger partial charge in [0.25, 0.3) is 0 Å². The molecule has 2 N–H and O–H groups in total. The van der Waals surface area contributed by atoms with Crippen molar-refractivity contribution in [3.05, 3.63) is 29.8 Å². The van der Waals surface area contributed by atoms with Gasteiger partial charge in [-0.15, -0.1) is 24.0 Å². The Morgan fingerprint density at radius 2 is 1.68 bits per heavy atom. The summed E-state index contributed by atoms with van der Waals surface area (Å²) < 4.78 is 5.17. The highest BCUT2D eigenvalue weighted by Crippen LogP contribution is 2.11. The lowest BCUT2D eigenvalue weighted by Gasteiger charge is -2.18. The van der Waals surface area contributed by atoms with E-state index in [0.717, 1.165) is 50.7 Å². The zero-order chi connectivity index (χ0) is 17.6. The molecular weight excluding hydrogens is 427 g/mol. The van der Waals surface area contributed by atoms with Crippen molar-refractivity contribution in [2.75, 3.05) is 46.9 Å². The molecule has 25 heavy (non-hydrogen) atoms. The molecule has 0 saturated heterocycles. The van der Waals surface area contributed by atoms with Gasteiger partial charge < -0.3 is 20.3 Å². The topological polar surface area (TPSA) is 48.9 Å². The average Bonchev–Trinajstić information content (AvgIpc) is 2.63. The SMILES string of the molecule is CCN(CC)CCCCNC(=NC)NCCc1ccc(OC)cc1.I. The van der Waals surface area contributed by atoms with Gasteiger partial charge in [-0.3, -0.25) is 4.99 Å². The number of rotatable bonds is 11. The second-order valence-corrected chi connectivity index (χ2v) is 5.76. The molecule has 0 atom stereocenters. The summed E-state index contributed by atoms with van der Waals surface area (Å²) in [6.45, 7) is 9.72. The van der Waals surface area contributed by atoms with E-state index in [-0.39, 0.29) is 24.0 Å². The van der Waals surface area contributed by atoms with Crippen molar-refractivity contribution < 1.29 is 4.74 Å². The second kappa shape index (κ2) is 15.3. The maximum Gasteiger partial charge on any atom is 0.190 e. The number of benzene rings is 1. The lowest BCUT2D eigenvalue weighted by atomic mass is 10.1. The molecule has 0 bridgehead atoms. The Balaban J connectivity index is 0.00000576. The van der Waals surface area contributed by atoms with Crippen molar-refractivity contribution in [3.8, 4) is 5.75 Å². The van der Waals surface area contributed by atoms with E-state index in [4.69, 9.17) is 4.74 Å². The van der Waals surface area contributed by atoms with Crippen molar-refractivity contribution in [3.63, 3.8) is 0 Å². The molecule has 0 heterocycles. The first-order chi connectivity index (χ1) is 11.7. The fourth-order valence-electron chi connectivity index (χ4n) is 2.55. The van der Waals surface area contributed by atoms with Crippen LogP contribution in [0.4, 0.5) is 0 Å². The number of unbranched alkanes of at least 4 members (excludes halogenated alkanes) is 1. The van der Waals surface area contributed by atoms with Gasteiger partial charge >= 0.3 is 0 Å². The molecule has 0 aliphatic carbocycles. The molecule has 1 aromatic carbocycles. The Morgan fingerprint density at radius 1 is 1.04 bits per heavy atom. The molecule has 1 rings (SSSR count). The molecule has 0 saturated carbocycles. The average molecular weight is 462 g/mol. The van der Waals surface area contributed by atoms with E-state index in [1.165, 1.54) is 18.5 Å². The third-order valence-corrected chi connectivity index (χ3v) is 4.18. The van der Waals surface area contributed by atoms with Crippen molar-refractivity contribution >= 4 is 29.9 Å². The molecule has 0 aliphatic rings. The third kappa shape index (κ3) is 10.5. The molecule has 144 valence electrons. The third-order valence-electron chi connectivity index (χ3n) is 4.18. The zero-order valence-electron chi connectivity index (χ0n) is 16.2. The molecular formula is C19H35IN4O. The minimum atomic E-state index is 0. The summed E-state index contributed by atoms with van der Waals surface area (Å²) in [6.07, 6.45) is 3.35. The predicted octanol–water partition coefficient (Wildman–Crippen LogP) is 3.14. The van der Waals surface area contributed by atoms with Crippen molar-refractivity contribution in [1.29, 1.82) is 0 Å². The van der Waals surface area contributed by atoms with Gasteiger partial charge in [0.2, 0.25) is 0 Å². The maximum atomic E-state index is 5.17. The molecule has 0 fully saturated rings. The summed E-state index contributed by atoms with van der Waals surface area (Å²) in [7, 11) is 3.51. The van der Waals surface area contributed by atoms with Gasteiger partial charge in [0.1, 0.15) is 5.75 Å². The van der Waals surface area contributed by atoms with Crippen LogP contribution in [0.25, 0.3) is 0 Å². The summed E-state index contributed by atoms with van der Waals surface area (Å²) in [5.41, 5.74) is 1.29. The van der Waals surface area contributed by atoms with Crippen LogP contribution in [-0.4, -0.2) is 57.7 Å². The lowest BCUT2D eigenvalue weighted by molar-refractivity contribution is 0.297. The standard InChI is InChI=1S/C19H34N4O.HI/c1-5-23(6-2)16-8-7-14-21-19(20-3)22-15-13-17-9-11-18(24-4)12-10-17;/h9-12H,5-8,13-16H2,1-4H3,(H2,20,21,22);1H. The van der Waals surface area contributed by atoms with E-state index in [1.807, 2.05) is 19.2 Å². The van der Waals surface area contributed by atoms with Crippen LogP contribution in [0.1, 0.15) is 32.3 Å². The monoisotopic (exact) mass is 462 g/mol. The van der Waals surface area contributed by atoms with Crippen LogP contribution in [-0.2, 0) is 6.42 Å². The maximum absolute atomic E-state index is 5.17. The highest BCUT2D eigenvalue weighted by Gasteiger charge is 2.00. The predicted molar refractivity (Wildman–Crippen MR) is 118 cm³/mol. The van der Waals surface area contributed by atoms with Crippen LogP contribution < -0.4 is 15.4 Å². The summed E-state index contributed by atoms with van der Waals surface area (Å²) >= 11 is 0. The minimum absolute atomic E-state index is 0. The largest absolute Gasteiger partial charge is 0.497 e. The Hall–Kier alpha value is -1.02. The van der Waals surface area contributed by atoms with Gasteiger partial charge in [0.05, 0.1) is 7.11 Å². The highest BCUT2D eigenvalue weighted by molar-refractivity contribution is 14.0. The van der Waals surface area contributed by atoms with Crippen molar-refractivity contribution in [2.45, 2.75) is 33.1 Å². The Labute approximate surface area is 170 Å². The van der Waals surface area contributed by atoms with Crippen LogP contribution in [0.3, 0.4) is 0 Å². The van der Waals surface area contributed by atoms with E-state index >= 15 is 0 Å². The number of halogens is 1. The van der Waals surface area contributed by atoms with Crippen LogP contribution in [0.15, 0.2) is 29.3 Å². The van der Waals surface area contributed by atoms with Gasteiger partial charge in [0, 0.05) is 20.1 Å². The van der Waals surface area contributed by atoms with Gasteiger partial charge in [-0.25, -0.2) is 0 Å². The van der Waals surface area contributed by atoms with Crippen LogP contribution in [0.5, 0.6) is 5.75 Å². The summed E-state index contributed by atoms with van der Waals surface area (Å²) in [6, 6.07) is 8.20. The molecule has 0 aliphatic heterocycles. The second-order valence-electron chi connectivity index (χ2n) is 5.76. The molecule has 0 spiro atoms. The molecule has 0 unspecified atom stereocenters. The number of hydrogen-bond acceptors (Lipinski definition) is 3. The molecule has 5 nitrogen and oxygen atoms in total. The first kappa shape index (κ1) is 24.0. The number of nitrogens with zero attached hydrogens (tertiary/aromatic N) is 2. The first-order valence-electron chi connectivity index (χ1n) is 9.03. The molecule has 0 amide bonds. The number of guanidine groups is 1. The quantitative estimate of drug-likeness (QED) is 0.230. The molecule has 6 heteroatoms. The smallest absolute Gasteiger partial charge is 0.190 e. The van der Waals surface area contributed by atoms with E-state index in [1.54, 1.807) is 7.11 Å². The number of hydrogen-bond donors (Lipinski definition) is 2. The fourth-order valence-corrected chi connectivity index (χ4v) is 2.55. The number of nitrogens with one attached hydrogen (secondary N) is 2. The van der Waals surface area contributed by atoms with Crippen molar-refractivity contribution in [1.82, 2.24) is 15.5 Å². The summed E-state index contributed by atoms with van der Waals surface area (Å²) in [5.74, 6) is 1.78. The van der Waals surface area contributed by atoms with Gasteiger partial charge in [-0.05, 0) is 56.6 Å². The van der Waals surface area contributed by atoms with Gasteiger partial charge in [-0.1, -0.05) is 26.0 Å². The Morgan fingerprint density at radius 3 is 2.24 bits per heavy atom. The van der Waals surface area contributed by atoms with E-state index in [2.05, 4.69) is 46.5 Å². The van der Waals surface area contributed by atoms with Crippen LogP contribution in [0, 0.1) is 0 Å².